The Balaban J connectivity index is 0.00000320. The van der Waals surface area contributed by atoms with E-state index in [1.807, 2.05) is 19.1 Å². The summed E-state index contributed by atoms with van der Waals surface area (Å²) < 4.78 is 35.2. The van der Waals surface area contributed by atoms with Gasteiger partial charge < -0.3 is 19.8 Å². The first-order valence-corrected chi connectivity index (χ1v) is 12.4. The van der Waals surface area contributed by atoms with Crippen LogP contribution in [0.2, 0.25) is 0 Å². The summed E-state index contributed by atoms with van der Waals surface area (Å²) in [5.41, 5.74) is 0. The molecule has 30 heavy (non-hydrogen) atoms. The van der Waals surface area contributed by atoms with Gasteiger partial charge in [0, 0.05) is 32.6 Å². The molecule has 1 aromatic heterocycles. The third-order valence-electron chi connectivity index (χ3n) is 5.98. The van der Waals surface area contributed by atoms with Gasteiger partial charge in [-0.15, -0.1) is 24.0 Å². The van der Waals surface area contributed by atoms with Gasteiger partial charge in [0.15, 0.2) is 15.8 Å². The summed E-state index contributed by atoms with van der Waals surface area (Å²) >= 11 is 0. The van der Waals surface area contributed by atoms with Crippen LogP contribution in [0.3, 0.4) is 0 Å². The van der Waals surface area contributed by atoms with E-state index in [9.17, 15) is 8.42 Å². The van der Waals surface area contributed by atoms with E-state index >= 15 is 0 Å². The number of sulfone groups is 1. The lowest BCUT2D eigenvalue weighted by Gasteiger charge is -2.34. The van der Waals surface area contributed by atoms with Crippen LogP contribution in [0.25, 0.3) is 0 Å². The summed E-state index contributed by atoms with van der Waals surface area (Å²) in [6.07, 6.45) is 6.39. The monoisotopic (exact) mass is 554 g/mol. The summed E-state index contributed by atoms with van der Waals surface area (Å²) in [5.74, 6) is 1.57. The number of nitrogens with zero attached hydrogens (tertiary/aromatic N) is 2. The minimum Gasteiger partial charge on any atom is -0.468 e. The molecule has 172 valence electrons. The quantitative estimate of drug-likeness (QED) is 0.289. The van der Waals surface area contributed by atoms with Crippen LogP contribution in [0.5, 0.6) is 0 Å². The number of hydrogen-bond acceptors (Lipinski definition) is 6. The fraction of sp³-hybridized carbons (Fsp3) is 0.750. The number of likely N-dealkylation sites (tertiary alicyclic amines) is 1. The van der Waals surface area contributed by atoms with Crippen molar-refractivity contribution in [2.75, 3.05) is 52.2 Å². The lowest BCUT2D eigenvalue weighted by molar-refractivity contribution is 0.0768. The van der Waals surface area contributed by atoms with Gasteiger partial charge in [0.1, 0.15) is 5.76 Å². The molecule has 10 heteroatoms. The highest BCUT2D eigenvalue weighted by Gasteiger charge is 2.42. The van der Waals surface area contributed by atoms with Crippen LogP contribution in [0.15, 0.2) is 27.8 Å². The molecule has 0 radical (unpaired) electrons. The second-order valence-electron chi connectivity index (χ2n) is 7.92. The zero-order valence-electron chi connectivity index (χ0n) is 17.9. The molecule has 3 heterocycles. The van der Waals surface area contributed by atoms with Crippen LogP contribution in [-0.4, -0.2) is 76.2 Å². The Kier molecular flexibility index (Phi) is 9.89. The molecular formula is C20H35IN4O4S. The number of ether oxygens (including phenoxy) is 1. The molecule has 2 N–H and O–H groups in total. The number of aliphatic imine (C=N–C) groups is 1. The zero-order valence-corrected chi connectivity index (χ0v) is 21.1. The molecule has 2 saturated heterocycles. The first-order valence-electron chi connectivity index (χ1n) is 10.5. The molecular weight excluding hydrogens is 519 g/mol. The number of guanidine groups is 1. The van der Waals surface area contributed by atoms with Crippen molar-refractivity contribution in [2.24, 2.45) is 4.99 Å². The highest BCUT2D eigenvalue weighted by molar-refractivity contribution is 14.0. The van der Waals surface area contributed by atoms with Crippen LogP contribution in [0.1, 0.15) is 44.4 Å². The second-order valence-corrected chi connectivity index (χ2v) is 10.3. The van der Waals surface area contributed by atoms with Gasteiger partial charge in [0.25, 0.3) is 0 Å². The number of rotatable bonds is 8. The van der Waals surface area contributed by atoms with E-state index in [2.05, 4.69) is 20.5 Å². The average Bonchev–Trinajstić information content (AvgIpc) is 3.41. The molecule has 1 unspecified atom stereocenters. The molecule has 1 aromatic rings. The van der Waals surface area contributed by atoms with Gasteiger partial charge in [0.2, 0.25) is 0 Å². The third kappa shape index (κ3) is 6.33. The number of halogens is 1. The van der Waals surface area contributed by atoms with Crippen molar-refractivity contribution in [3.8, 4) is 0 Å². The molecule has 0 amide bonds. The van der Waals surface area contributed by atoms with Crippen LogP contribution >= 0.6 is 24.0 Å². The van der Waals surface area contributed by atoms with Crippen molar-refractivity contribution in [1.82, 2.24) is 15.5 Å². The lowest BCUT2D eigenvalue weighted by Crippen LogP contribution is -2.48. The number of hydrogen-bond donors (Lipinski definition) is 2. The Bertz CT molecular complexity index is 758. The highest BCUT2D eigenvalue weighted by atomic mass is 127. The van der Waals surface area contributed by atoms with Gasteiger partial charge in [-0.05, 0) is 57.8 Å². The normalized spacial score (nSPS) is 21.1. The van der Waals surface area contributed by atoms with Gasteiger partial charge >= 0.3 is 0 Å². The molecule has 8 nitrogen and oxygen atoms in total. The van der Waals surface area contributed by atoms with Crippen LogP contribution in [0, 0.1) is 0 Å². The van der Waals surface area contributed by atoms with E-state index in [0.717, 1.165) is 18.8 Å². The fourth-order valence-corrected chi connectivity index (χ4v) is 5.30. The predicted octanol–water partition coefficient (Wildman–Crippen LogP) is 2.18. The van der Waals surface area contributed by atoms with E-state index in [1.54, 1.807) is 6.26 Å². The van der Waals surface area contributed by atoms with E-state index in [4.69, 9.17) is 9.15 Å². The van der Waals surface area contributed by atoms with Crippen LogP contribution in [-0.2, 0) is 14.6 Å². The first kappa shape index (κ1) is 25.4. The molecule has 2 aliphatic heterocycles. The van der Waals surface area contributed by atoms with Gasteiger partial charge in [-0.3, -0.25) is 9.89 Å². The first-order chi connectivity index (χ1) is 14.0. The summed E-state index contributed by atoms with van der Waals surface area (Å²) in [7, 11) is -3.24. The molecule has 2 fully saturated rings. The largest absolute Gasteiger partial charge is 0.468 e. The molecule has 0 aromatic carbocycles. The topological polar surface area (TPSA) is 96.2 Å². The van der Waals surface area contributed by atoms with Crippen LogP contribution in [0.4, 0.5) is 0 Å². The Morgan fingerprint density at radius 3 is 2.53 bits per heavy atom. The van der Waals surface area contributed by atoms with Gasteiger partial charge in [-0.25, -0.2) is 8.42 Å². The van der Waals surface area contributed by atoms with E-state index in [0.29, 0.717) is 45.1 Å². The SMILES string of the molecule is CCNC(=NCC1(S(C)(=O)=O)CCOCC1)NCC(c1ccco1)N1CCCC1.I. The molecule has 0 aliphatic carbocycles. The smallest absolute Gasteiger partial charge is 0.191 e. The number of furan rings is 1. The Hall–Kier alpha value is -0.850. The van der Waals surface area contributed by atoms with Crippen molar-refractivity contribution in [3.63, 3.8) is 0 Å². The van der Waals surface area contributed by atoms with E-state index in [-0.39, 0.29) is 36.6 Å². The fourth-order valence-electron chi connectivity index (χ4n) is 4.09. The Morgan fingerprint density at radius 2 is 1.97 bits per heavy atom. The van der Waals surface area contributed by atoms with Crippen molar-refractivity contribution in [3.05, 3.63) is 24.2 Å². The van der Waals surface area contributed by atoms with Crippen LogP contribution < -0.4 is 10.6 Å². The average molecular weight is 554 g/mol. The summed E-state index contributed by atoms with van der Waals surface area (Å²) in [5, 5.41) is 6.65. The second kappa shape index (κ2) is 11.7. The predicted molar refractivity (Wildman–Crippen MR) is 129 cm³/mol. The maximum Gasteiger partial charge on any atom is 0.191 e. The summed E-state index contributed by atoms with van der Waals surface area (Å²) in [4.78, 5) is 7.09. The Morgan fingerprint density at radius 1 is 1.27 bits per heavy atom. The standard InChI is InChI=1S/C20H34N4O4S.HI/c1-3-21-19(23-16-20(29(2,25)26)8-13-27-14-9-20)22-15-17(18-7-6-12-28-18)24-10-4-5-11-24;/h6-7,12,17H,3-5,8-11,13-16H2,1-2H3,(H2,21,22,23);1H. The van der Waals surface area contributed by atoms with E-state index < -0.39 is 14.6 Å². The zero-order chi connectivity index (χ0) is 20.7. The summed E-state index contributed by atoms with van der Waals surface area (Å²) in [6, 6.07) is 4.05. The van der Waals surface area contributed by atoms with Gasteiger partial charge in [-0.1, -0.05) is 0 Å². The Labute approximate surface area is 197 Å². The molecule has 0 bridgehead atoms. The maximum atomic E-state index is 12.5. The van der Waals surface area contributed by atoms with Gasteiger partial charge in [-0.2, -0.15) is 0 Å². The molecule has 1 atom stereocenters. The van der Waals surface area contributed by atoms with Crippen molar-refractivity contribution in [1.29, 1.82) is 0 Å². The van der Waals surface area contributed by atoms with Crippen molar-refractivity contribution >= 4 is 39.8 Å². The molecule has 0 saturated carbocycles. The molecule has 3 rings (SSSR count). The summed E-state index contributed by atoms with van der Waals surface area (Å²) in [6.45, 7) is 6.62. The van der Waals surface area contributed by atoms with Crippen molar-refractivity contribution in [2.45, 2.75) is 43.4 Å². The lowest BCUT2D eigenvalue weighted by atomic mass is 9.99. The minimum absolute atomic E-state index is 0. The van der Waals surface area contributed by atoms with Crippen molar-refractivity contribution < 1.29 is 17.6 Å². The molecule has 0 spiro atoms. The minimum atomic E-state index is -3.24. The highest BCUT2D eigenvalue weighted by Crippen LogP contribution is 2.30. The van der Waals surface area contributed by atoms with E-state index in [1.165, 1.54) is 19.1 Å². The maximum absolute atomic E-state index is 12.5. The van der Waals surface area contributed by atoms with Gasteiger partial charge in [0.05, 0.1) is 23.6 Å². The molecule has 2 aliphatic rings. The third-order valence-corrected chi connectivity index (χ3v) is 8.09. The number of nitrogens with one attached hydrogen (secondary N) is 2.